The lowest BCUT2D eigenvalue weighted by molar-refractivity contribution is -0.134. The maximum Gasteiger partial charge on any atom is 0.272 e. The SMILES string of the molecule is CC(C)(Sc1cccc(Cl)c1)C(=O)N1CCN(C(=O)c2cc(Cc3n[nH]c(=O)c4ccccc34)ccc2F)CC1. The number of amides is 2. The van der Waals surface area contributed by atoms with Gasteiger partial charge in [-0.15, -0.1) is 11.8 Å². The van der Waals surface area contributed by atoms with Gasteiger partial charge in [-0.3, -0.25) is 14.4 Å². The van der Waals surface area contributed by atoms with E-state index in [-0.39, 0.29) is 17.0 Å². The highest BCUT2D eigenvalue weighted by molar-refractivity contribution is 8.01. The highest BCUT2D eigenvalue weighted by Gasteiger charge is 2.35. The van der Waals surface area contributed by atoms with E-state index < -0.39 is 16.5 Å². The summed E-state index contributed by atoms with van der Waals surface area (Å²) >= 11 is 7.54. The Morgan fingerprint density at radius 3 is 2.40 bits per heavy atom. The van der Waals surface area contributed by atoms with Crippen LogP contribution in [-0.4, -0.2) is 62.7 Å². The third-order valence-electron chi connectivity index (χ3n) is 6.95. The van der Waals surface area contributed by atoms with E-state index >= 15 is 0 Å². The number of rotatable bonds is 6. The fourth-order valence-electron chi connectivity index (χ4n) is 4.88. The van der Waals surface area contributed by atoms with Crippen LogP contribution in [0.1, 0.15) is 35.5 Å². The van der Waals surface area contributed by atoms with Gasteiger partial charge < -0.3 is 9.80 Å². The molecule has 40 heavy (non-hydrogen) atoms. The number of thioether (sulfide) groups is 1. The Balaban J connectivity index is 1.26. The zero-order valence-corrected chi connectivity index (χ0v) is 23.7. The number of piperazine rings is 1. The van der Waals surface area contributed by atoms with Gasteiger partial charge in [-0.25, -0.2) is 9.49 Å². The van der Waals surface area contributed by atoms with Crippen LogP contribution in [-0.2, 0) is 11.2 Å². The molecule has 0 radical (unpaired) electrons. The molecule has 1 aliphatic rings. The first kappa shape index (κ1) is 27.9. The molecule has 1 aliphatic heterocycles. The molecule has 1 fully saturated rings. The molecule has 5 rings (SSSR count). The molecule has 2 amide bonds. The second kappa shape index (κ2) is 11.4. The van der Waals surface area contributed by atoms with Gasteiger partial charge in [0.15, 0.2) is 0 Å². The van der Waals surface area contributed by atoms with Crippen molar-refractivity contribution in [1.82, 2.24) is 20.0 Å². The van der Waals surface area contributed by atoms with Gasteiger partial charge in [0.2, 0.25) is 5.91 Å². The number of fused-ring (bicyclic) bond motifs is 1. The Hall–Kier alpha value is -3.69. The quantitative estimate of drug-likeness (QED) is 0.319. The second-order valence-electron chi connectivity index (χ2n) is 10.2. The highest BCUT2D eigenvalue weighted by atomic mass is 35.5. The summed E-state index contributed by atoms with van der Waals surface area (Å²) in [5.41, 5.74) is 1.02. The van der Waals surface area contributed by atoms with E-state index in [1.54, 1.807) is 40.1 Å². The number of hydrogen-bond acceptors (Lipinski definition) is 5. The van der Waals surface area contributed by atoms with Crippen molar-refractivity contribution in [1.29, 1.82) is 0 Å². The zero-order chi connectivity index (χ0) is 28.4. The molecule has 0 atom stereocenters. The monoisotopic (exact) mass is 578 g/mol. The van der Waals surface area contributed by atoms with Gasteiger partial charge in [0.05, 0.1) is 21.4 Å². The van der Waals surface area contributed by atoms with Gasteiger partial charge in [0.1, 0.15) is 5.82 Å². The molecule has 0 saturated carbocycles. The predicted octanol–water partition coefficient (Wildman–Crippen LogP) is 5.16. The van der Waals surface area contributed by atoms with Crippen molar-refractivity contribution in [3.8, 4) is 0 Å². The molecule has 3 aromatic carbocycles. The maximum atomic E-state index is 14.8. The number of nitrogens with zero attached hydrogens (tertiary/aromatic N) is 3. The lowest BCUT2D eigenvalue weighted by Gasteiger charge is -2.38. The van der Waals surface area contributed by atoms with E-state index in [0.717, 1.165) is 4.90 Å². The fraction of sp³-hybridized carbons (Fsp3) is 0.267. The second-order valence-corrected chi connectivity index (χ2v) is 12.3. The summed E-state index contributed by atoms with van der Waals surface area (Å²) in [6.45, 7) is 5.08. The average Bonchev–Trinajstić information content (AvgIpc) is 2.95. The van der Waals surface area contributed by atoms with Crippen LogP contribution in [0.25, 0.3) is 10.8 Å². The molecular weight excluding hydrogens is 551 g/mol. The Morgan fingerprint density at radius 2 is 1.68 bits per heavy atom. The van der Waals surface area contributed by atoms with Crippen LogP contribution in [0, 0.1) is 5.82 Å². The first-order chi connectivity index (χ1) is 19.1. The van der Waals surface area contributed by atoms with Gasteiger partial charge in [-0.2, -0.15) is 5.10 Å². The third-order valence-corrected chi connectivity index (χ3v) is 8.36. The van der Waals surface area contributed by atoms with Gasteiger partial charge in [-0.1, -0.05) is 41.9 Å². The first-order valence-corrected chi connectivity index (χ1v) is 14.1. The van der Waals surface area contributed by atoms with Gasteiger partial charge in [-0.05, 0) is 55.8 Å². The number of hydrogen-bond donors (Lipinski definition) is 1. The summed E-state index contributed by atoms with van der Waals surface area (Å²) < 4.78 is 14.1. The smallest absolute Gasteiger partial charge is 0.272 e. The Morgan fingerprint density at radius 1 is 0.975 bits per heavy atom. The Kier molecular flexibility index (Phi) is 7.96. The standard InChI is InChI=1S/C30H28ClFN4O3S/c1-30(2,40-21-7-5-6-20(31)18-21)29(39)36-14-12-35(13-15-36)28(38)24-16-19(10-11-25(24)32)17-26-22-8-3-4-9-23(22)27(37)34-33-26/h3-11,16,18H,12-15,17H2,1-2H3,(H,34,37). The number of aromatic nitrogens is 2. The maximum absolute atomic E-state index is 14.8. The van der Waals surface area contributed by atoms with Crippen LogP contribution < -0.4 is 5.56 Å². The van der Waals surface area contributed by atoms with Crippen LogP contribution in [0.3, 0.4) is 0 Å². The van der Waals surface area contributed by atoms with E-state index in [0.29, 0.717) is 59.7 Å². The molecule has 0 spiro atoms. The van der Waals surface area contributed by atoms with Crippen molar-refractivity contribution >= 4 is 45.9 Å². The van der Waals surface area contributed by atoms with Gasteiger partial charge in [0.25, 0.3) is 11.5 Å². The minimum absolute atomic E-state index is 0.0251. The minimum Gasteiger partial charge on any atom is -0.338 e. The number of carbonyl (C=O) groups is 2. The molecule has 1 aromatic heterocycles. The molecule has 206 valence electrons. The van der Waals surface area contributed by atoms with E-state index in [1.165, 1.54) is 17.8 Å². The largest absolute Gasteiger partial charge is 0.338 e. The molecule has 2 heterocycles. The lowest BCUT2D eigenvalue weighted by atomic mass is 10.0. The van der Waals surface area contributed by atoms with Crippen molar-refractivity contribution < 1.29 is 14.0 Å². The van der Waals surface area contributed by atoms with Gasteiger partial charge >= 0.3 is 0 Å². The number of carbonyl (C=O) groups excluding carboxylic acids is 2. The summed E-state index contributed by atoms with van der Waals surface area (Å²) in [6.07, 6.45) is 0.319. The predicted molar refractivity (Wildman–Crippen MR) is 155 cm³/mol. The summed E-state index contributed by atoms with van der Waals surface area (Å²) in [4.78, 5) is 43.0. The number of benzene rings is 3. The number of halogens is 2. The van der Waals surface area contributed by atoms with E-state index in [1.807, 2.05) is 44.2 Å². The normalized spacial score (nSPS) is 14.0. The molecule has 0 aliphatic carbocycles. The Bertz CT molecular complexity index is 1650. The molecule has 7 nitrogen and oxygen atoms in total. The molecule has 10 heteroatoms. The Labute approximate surface area is 240 Å². The molecule has 1 saturated heterocycles. The van der Waals surface area contributed by atoms with Crippen LogP contribution in [0.5, 0.6) is 0 Å². The number of H-pyrrole nitrogens is 1. The number of aromatic amines is 1. The van der Waals surface area contributed by atoms with Crippen LogP contribution in [0.15, 0.2) is 76.4 Å². The van der Waals surface area contributed by atoms with Crippen molar-refractivity contribution in [3.05, 3.63) is 105 Å². The molecule has 1 N–H and O–H groups in total. The zero-order valence-electron chi connectivity index (χ0n) is 22.1. The lowest BCUT2D eigenvalue weighted by Crippen LogP contribution is -2.54. The summed E-state index contributed by atoms with van der Waals surface area (Å²) in [6, 6.07) is 19.0. The van der Waals surface area contributed by atoms with Gasteiger partial charge in [0, 0.05) is 47.9 Å². The minimum atomic E-state index is -0.725. The van der Waals surface area contributed by atoms with E-state index in [2.05, 4.69) is 10.2 Å². The third kappa shape index (κ3) is 5.90. The highest BCUT2D eigenvalue weighted by Crippen LogP contribution is 2.35. The topological polar surface area (TPSA) is 86.4 Å². The van der Waals surface area contributed by atoms with E-state index in [4.69, 9.17) is 11.6 Å². The van der Waals surface area contributed by atoms with Crippen LogP contribution in [0.2, 0.25) is 5.02 Å². The molecular formula is C30H28ClFN4O3S. The van der Waals surface area contributed by atoms with Crippen molar-refractivity contribution in [3.63, 3.8) is 0 Å². The first-order valence-electron chi connectivity index (χ1n) is 12.9. The summed E-state index contributed by atoms with van der Waals surface area (Å²) in [5, 5.41) is 8.54. The van der Waals surface area contributed by atoms with Crippen molar-refractivity contribution in [2.45, 2.75) is 29.9 Å². The summed E-state index contributed by atoms with van der Waals surface area (Å²) in [7, 11) is 0. The van der Waals surface area contributed by atoms with Crippen molar-refractivity contribution in [2.24, 2.45) is 0 Å². The van der Waals surface area contributed by atoms with Crippen LogP contribution in [0.4, 0.5) is 4.39 Å². The summed E-state index contributed by atoms with van der Waals surface area (Å²) in [5.74, 6) is -1.05. The van der Waals surface area contributed by atoms with Crippen LogP contribution >= 0.6 is 23.4 Å². The molecule has 0 bridgehead atoms. The number of nitrogens with one attached hydrogen (secondary N) is 1. The average molecular weight is 579 g/mol. The van der Waals surface area contributed by atoms with E-state index in [9.17, 15) is 18.8 Å². The van der Waals surface area contributed by atoms with Crippen molar-refractivity contribution in [2.75, 3.05) is 26.2 Å². The molecule has 4 aromatic rings. The fourth-order valence-corrected chi connectivity index (χ4v) is 6.27. The molecule has 0 unspecified atom stereocenters.